The molecule has 1 fully saturated rings. The first-order chi connectivity index (χ1) is 12.6. The largest absolute Gasteiger partial charge is 0.377 e. The topological polar surface area (TPSA) is 63.7 Å². The van der Waals surface area contributed by atoms with Crippen LogP contribution in [0.15, 0.2) is 60.7 Å². The molecule has 1 heterocycles. The fourth-order valence-electron chi connectivity index (χ4n) is 3.20. The van der Waals surface area contributed by atoms with Gasteiger partial charge in [0, 0.05) is 13.0 Å². The van der Waals surface area contributed by atoms with Crippen LogP contribution < -0.4 is 0 Å². The maximum absolute atomic E-state index is 12.7. The normalized spacial score (nSPS) is 17.6. The van der Waals surface area contributed by atoms with Gasteiger partial charge in [-0.15, -0.1) is 0 Å². The van der Waals surface area contributed by atoms with Gasteiger partial charge < -0.3 is 4.74 Å². The third kappa shape index (κ3) is 4.71. The lowest BCUT2D eigenvalue weighted by atomic mass is 10.2. The molecule has 0 unspecified atom stereocenters. The van der Waals surface area contributed by atoms with E-state index in [9.17, 15) is 13.2 Å². The second-order valence-corrected chi connectivity index (χ2v) is 8.30. The van der Waals surface area contributed by atoms with Crippen molar-refractivity contribution in [3.63, 3.8) is 0 Å². The molecular formula is C20H23NO4S. The minimum absolute atomic E-state index is 0.152. The number of benzene rings is 2. The lowest BCUT2D eigenvalue weighted by molar-refractivity contribution is -0.124. The summed E-state index contributed by atoms with van der Waals surface area (Å²) in [6.07, 6.45) is 1.35. The minimum Gasteiger partial charge on any atom is -0.377 e. The molecule has 5 nitrogen and oxygen atoms in total. The van der Waals surface area contributed by atoms with E-state index in [1.165, 1.54) is 0 Å². The van der Waals surface area contributed by atoms with Gasteiger partial charge >= 0.3 is 0 Å². The molecule has 138 valence electrons. The number of carbonyl (C=O) groups excluding carboxylic acids is 1. The van der Waals surface area contributed by atoms with Gasteiger partial charge in [0.2, 0.25) is 15.9 Å². The number of sulfonamides is 1. The van der Waals surface area contributed by atoms with E-state index in [-0.39, 0.29) is 24.1 Å². The lowest BCUT2D eigenvalue weighted by Gasteiger charge is -2.24. The Labute approximate surface area is 154 Å². The van der Waals surface area contributed by atoms with E-state index in [0.29, 0.717) is 31.6 Å². The van der Waals surface area contributed by atoms with Gasteiger partial charge in [-0.05, 0) is 24.0 Å². The Balaban J connectivity index is 1.57. The van der Waals surface area contributed by atoms with Crippen LogP contribution in [-0.2, 0) is 31.9 Å². The summed E-state index contributed by atoms with van der Waals surface area (Å²) < 4.78 is 32.2. The van der Waals surface area contributed by atoms with Crippen LogP contribution in [0.2, 0.25) is 0 Å². The van der Waals surface area contributed by atoms with Crippen molar-refractivity contribution in [2.45, 2.75) is 37.7 Å². The second-order valence-electron chi connectivity index (χ2n) is 6.45. The first kappa shape index (κ1) is 18.6. The van der Waals surface area contributed by atoms with E-state index in [0.717, 1.165) is 9.87 Å². The molecule has 6 heteroatoms. The number of rotatable bonds is 8. The number of hydrogen-bond donors (Lipinski definition) is 0. The van der Waals surface area contributed by atoms with Gasteiger partial charge in [-0.2, -0.15) is 0 Å². The van der Waals surface area contributed by atoms with E-state index < -0.39 is 10.0 Å². The molecule has 2 aromatic rings. The molecule has 2 aromatic carbocycles. The molecule has 0 aliphatic carbocycles. The first-order valence-corrected chi connectivity index (χ1v) is 10.4. The van der Waals surface area contributed by atoms with E-state index in [4.69, 9.17) is 4.74 Å². The van der Waals surface area contributed by atoms with Crippen molar-refractivity contribution in [3.05, 3.63) is 71.8 Å². The van der Waals surface area contributed by atoms with E-state index in [1.54, 1.807) is 24.3 Å². The summed E-state index contributed by atoms with van der Waals surface area (Å²) >= 11 is 0. The Hall–Kier alpha value is -2.18. The van der Waals surface area contributed by atoms with Crippen LogP contribution in [-0.4, -0.2) is 31.3 Å². The zero-order chi connectivity index (χ0) is 18.4. The maximum Gasteiger partial charge on any atom is 0.241 e. The van der Waals surface area contributed by atoms with Gasteiger partial charge in [-0.3, -0.25) is 4.79 Å². The molecule has 1 aliphatic heterocycles. The smallest absolute Gasteiger partial charge is 0.241 e. The molecule has 3 rings (SSSR count). The third-order valence-electron chi connectivity index (χ3n) is 4.47. The molecule has 0 aromatic heterocycles. The summed E-state index contributed by atoms with van der Waals surface area (Å²) in [6.45, 7) is 0.905. The van der Waals surface area contributed by atoms with Gasteiger partial charge in [0.25, 0.3) is 0 Å². The number of carbonyl (C=O) groups is 1. The Morgan fingerprint density at radius 1 is 0.962 bits per heavy atom. The Bertz CT molecular complexity index is 821. The van der Waals surface area contributed by atoms with Crippen molar-refractivity contribution in [2.24, 2.45) is 0 Å². The van der Waals surface area contributed by atoms with Crippen molar-refractivity contribution in [2.75, 3.05) is 6.61 Å². The van der Waals surface area contributed by atoms with Crippen LogP contribution in [0.5, 0.6) is 0 Å². The van der Waals surface area contributed by atoms with E-state index in [1.807, 2.05) is 36.4 Å². The summed E-state index contributed by atoms with van der Waals surface area (Å²) in [5, 5.41) is 0. The zero-order valence-electron chi connectivity index (χ0n) is 14.6. The van der Waals surface area contributed by atoms with E-state index >= 15 is 0 Å². The van der Waals surface area contributed by atoms with Gasteiger partial charge in [-0.25, -0.2) is 12.7 Å². The van der Waals surface area contributed by atoms with Crippen molar-refractivity contribution < 1.29 is 17.9 Å². The van der Waals surface area contributed by atoms with E-state index in [2.05, 4.69) is 0 Å². The van der Waals surface area contributed by atoms with Crippen molar-refractivity contribution in [3.8, 4) is 0 Å². The molecule has 0 N–H and O–H groups in total. The minimum atomic E-state index is -3.67. The molecule has 0 radical (unpaired) electrons. The molecule has 0 saturated carbocycles. The van der Waals surface area contributed by atoms with Crippen LogP contribution in [0.25, 0.3) is 0 Å². The molecule has 0 spiro atoms. The van der Waals surface area contributed by atoms with Crippen molar-refractivity contribution in [1.82, 2.24) is 4.31 Å². The molecule has 1 saturated heterocycles. The van der Waals surface area contributed by atoms with Gasteiger partial charge in [0.1, 0.15) is 0 Å². The predicted molar refractivity (Wildman–Crippen MR) is 99.6 cm³/mol. The average Bonchev–Trinajstić information content (AvgIpc) is 3.02. The zero-order valence-corrected chi connectivity index (χ0v) is 15.4. The van der Waals surface area contributed by atoms with Gasteiger partial charge in [0.15, 0.2) is 0 Å². The lowest BCUT2D eigenvalue weighted by Crippen LogP contribution is -2.39. The number of amides is 1. The first-order valence-electron chi connectivity index (χ1n) is 8.77. The quantitative estimate of drug-likeness (QED) is 0.667. The third-order valence-corrected chi connectivity index (χ3v) is 6.27. The number of ether oxygens (including phenoxy) is 1. The van der Waals surface area contributed by atoms with Crippen LogP contribution in [0.3, 0.4) is 0 Å². The van der Waals surface area contributed by atoms with Crippen molar-refractivity contribution >= 4 is 15.9 Å². The van der Waals surface area contributed by atoms with Crippen LogP contribution in [0, 0.1) is 0 Å². The second kappa shape index (κ2) is 8.47. The molecular weight excluding hydrogens is 350 g/mol. The highest BCUT2D eigenvalue weighted by Crippen LogP contribution is 2.27. The summed E-state index contributed by atoms with van der Waals surface area (Å²) in [5.74, 6) is -0.463. The highest BCUT2D eigenvalue weighted by Gasteiger charge is 2.39. The summed E-state index contributed by atoms with van der Waals surface area (Å²) in [7, 11) is -3.67. The fourth-order valence-corrected chi connectivity index (χ4v) is 5.02. The number of hydrogen-bond acceptors (Lipinski definition) is 4. The Kier molecular flexibility index (Phi) is 6.06. The standard InChI is InChI=1S/C20H23NO4S/c22-20-12-11-19(13-14-25-15-17-7-3-1-4-8-17)21(20)26(23,24)16-18-9-5-2-6-10-18/h1-10,19H,11-16H2/t19-/m0/s1. The Morgan fingerprint density at radius 2 is 1.58 bits per heavy atom. The Morgan fingerprint density at radius 3 is 2.23 bits per heavy atom. The monoisotopic (exact) mass is 373 g/mol. The fraction of sp³-hybridized carbons (Fsp3) is 0.350. The molecule has 0 bridgehead atoms. The molecule has 1 amide bonds. The summed E-state index contributed by atoms with van der Waals surface area (Å²) in [4.78, 5) is 12.2. The summed E-state index contributed by atoms with van der Waals surface area (Å²) in [6, 6.07) is 18.5. The number of nitrogens with zero attached hydrogens (tertiary/aromatic N) is 1. The predicted octanol–water partition coefficient (Wildman–Crippen LogP) is 3.11. The highest BCUT2D eigenvalue weighted by atomic mass is 32.2. The van der Waals surface area contributed by atoms with Crippen LogP contribution in [0.1, 0.15) is 30.4 Å². The summed E-state index contributed by atoms with van der Waals surface area (Å²) in [5.41, 5.74) is 1.76. The van der Waals surface area contributed by atoms with Crippen LogP contribution >= 0.6 is 0 Å². The van der Waals surface area contributed by atoms with Crippen molar-refractivity contribution in [1.29, 1.82) is 0 Å². The maximum atomic E-state index is 12.7. The van der Waals surface area contributed by atoms with Crippen LogP contribution in [0.4, 0.5) is 0 Å². The van der Waals surface area contributed by atoms with Gasteiger partial charge in [0.05, 0.1) is 18.4 Å². The molecule has 1 atom stereocenters. The highest BCUT2D eigenvalue weighted by molar-refractivity contribution is 7.88. The average molecular weight is 373 g/mol. The van der Waals surface area contributed by atoms with Gasteiger partial charge in [-0.1, -0.05) is 60.7 Å². The molecule has 26 heavy (non-hydrogen) atoms. The SMILES string of the molecule is O=C1CC[C@@H](CCOCc2ccccc2)N1S(=O)(=O)Cc1ccccc1. The molecule has 1 aliphatic rings.